The van der Waals surface area contributed by atoms with Gasteiger partial charge in [0.05, 0.1) is 6.54 Å². The van der Waals surface area contributed by atoms with E-state index in [4.69, 9.17) is 5.73 Å². The normalized spacial score (nSPS) is 11.8. The first kappa shape index (κ1) is 15.1. The highest BCUT2D eigenvalue weighted by Crippen LogP contribution is 2.15. The molecule has 0 saturated heterocycles. The minimum Gasteiger partial charge on any atom is -0.329 e. The molecule has 4 heteroatoms. The van der Waals surface area contributed by atoms with Gasteiger partial charge in [0.25, 0.3) is 6.43 Å². The van der Waals surface area contributed by atoms with Gasteiger partial charge in [-0.1, -0.05) is 38.1 Å². The van der Waals surface area contributed by atoms with Crippen LogP contribution in [0, 0.1) is 0 Å². The lowest BCUT2D eigenvalue weighted by atomic mass is 10.0. The highest BCUT2D eigenvalue weighted by atomic mass is 19.3. The van der Waals surface area contributed by atoms with Crippen molar-refractivity contribution in [1.29, 1.82) is 0 Å². The van der Waals surface area contributed by atoms with Gasteiger partial charge in [-0.25, -0.2) is 8.78 Å². The Morgan fingerprint density at radius 1 is 1.17 bits per heavy atom. The molecule has 1 aromatic rings. The first-order valence-corrected chi connectivity index (χ1v) is 6.32. The molecule has 0 saturated carbocycles. The third-order valence-corrected chi connectivity index (χ3v) is 2.89. The molecular weight excluding hydrogens is 234 g/mol. The van der Waals surface area contributed by atoms with Crippen molar-refractivity contribution < 1.29 is 8.78 Å². The van der Waals surface area contributed by atoms with Gasteiger partial charge in [0.1, 0.15) is 0 Å². The Balaban J connectivity index is 2.62. The van der Waals surface area contributed by atoms with Gasteiger partial charge in [0, 0.05) is 19.6 Å². The Kier molecular flexibility index (Phi) is 6.22. The molecule has 2 N–H and O–H groups in total. The molecule has 1 rings (SSSR count). The number of nitrogens with two attached hydrogens (primary N) is 1. The Morgan fingerprint density at radius 2 is 1.78 bits per heavy atom. The second kappa shape index (κ2) is 7.44. The van der Waals surface area contributed by atoms with E-state index in [9.17, 15) is 8.78 Å². The standard InChI is InChI=1S/C14H22F2N2/c1-11(2)13-5-3-12(4-6-13)9-18(8-7-17)10-14(15)16/h3-6,11,14H,7-10,17H2,1-2H3. The van der Waals surface area contributed by atoms with E-state index in [1.54, 1.807) is 4.90 Å². The molecule has 0 aliphatic carbocycles. The molecule has 0 unspecified atom stereocenters. The van der Waals surface area contributed by atoms with Crippen molar-refractivity contribution in [3.05, 3.63) is 35.4 Å². The fourth-order valence-corrected chi connectivity index (χ4v) is 1.88. The summed E-state index contributed by atoms with van der Waals surface area (Å²) >= 11 is 0. The largest absolute Gasteiger partial charge is 0.329 e. The number of alkyl halides is 2. The lowest BCUT2D eigenvalue weighted by Crippen LogP contribution is -2.33. The Hall–Kier alpha value is -1.00. The molecule has 102 valence electrons. The van der Waals surface area contributed by atoms with E-state index < -0.39 is 6.43 Å². The van der Waals surface area contributed by atoms with Gasteiger partial charge < -0.3 is 5.73 Å². The number of nitrogens with zero attached hydrogens (tertiary/aromatic N) is 1. The SMILES string of the molecule is CC(C)c1ccc(CN(CCN)CC(F)F)cc1. The van der Waals surface area contributed by atoms with Crippen molar-refractivity contribution in [1.82, 2.24) is 4.90 Å². The topological polar surface area (TPSA) is 29.3 Å². The van der Waals surface area contributed by atoms with Gasteiger partial charge in [-0.05, 0) is 17.0 Å². The number of rotatable bonds is 7. The van der Waals surface area contributed by atoms with Crippen molar-refractivity contribution in [2.24, 2.45) is 5.73 Å². The smallest absolute Gasteiger partial charge is 0.251 e. The molecule has 1 aromatic carbocycles. The van der Waals surface area contributed by atoms with Crippen LogP contribution in [0.1, 0.15) is 30.9 Å². The summed E-state index contributed by atoms with van der Waals surface area (Å²) in [6, 6.07) is 8.13. The number of hydrogen-bond acceptors (Lipinski definition) is 2. The van der Waals surface area contributed by atoms with Crippen LogP contribution in [0.3, 0.4) is 0 Å². The minimum atomic E-state index is -2.31. The molecule has 2 nitrogen and oxygen atoms in total. The zero-order valence-electron chi connectivity index (χ0n) is 11.1. The van der Waals surface area contributed by atoms with Gasteiger partial charge in [-0.15, -0.1) is 0 Å². The molecule has 0 radical (unpaired) electrons. The summed E-state index contributed by atoms with van der Waals surface area (Å²) in [4.78, 5) is 1.69. The maximum Gasteiger partial charge on any atom is 0.251 e. The van der Waals surface area contributed by atoms with Crippen LogP contribution in [0.5, 0.6) is 0 Å². The second-order valence-corrected chi connectivity index (χ2v) is 4.81. The maximum absolute atomic E-state index is 12.4. The second-order valence-electron chi connectivity index (χ2n) is 4.81. The van der Waals surface area contributed by atoms with E-state index in [0.717, 1.165) is 5.56 Å². The van der Waals surface area contributed by atoms with E-state index in [-0.39, 0.29) is 6.54 Å². The van der Waals surface area contributed by atoms with Crippen LogP contribution >= 0.6 is 0 Å². The Morgan fingerprint density at radius 3 is 2.22 bits per heavy atom. The lowest BCUT2D eigenvalue weighted by Gasteiger charge is -2.21. The third kappa shape index (κ3) is 5.10. The van der Waals surface area contributed by atoms with E-state index in [1.165, 1.54) is 5.56 Å². The quantitative estimate of drug-likeness (QED) is 0.813. The molecule has 18 heavy (non-hydrogen) atoms. The molecule has 0 aliphatic rings. The van der Waals surface area contributed by atoms with E-state index in [0.29, 0.717) is 25.6 Å². The van der Waals surface area contributed by atoms with Crippen LogP contribution in [-0.2, 0) is 6.54 Å². The van der Waals surface area contributed by atoms with Crippen molar-refractivity contribution >= 4 is 0 Å². The van der Waals surface area contributed by atoms with Gasteiger partial charge in [-0.2, -0.15) is 0 Å². The van der Waals surface area contributed by atoms with Crippen molar-refractivity contribution in [2.45, 2.75) is 32.7 Å². The summed E-state index contributed by atoms with van der Waals surface area (Å²) < 4.78 is 24.8. The summed E-state index contributed by atoms with van der Waals surface area (Å²) in [6.07, 6.45) is -2.31. The van der Waals surface area contributed by atoms with Crippen LogP contribution in [0.25, 0.3) is 0 Å². The number of benzene rings is 1. The molecule has 0 aliphatic heterocycles. The fraction of sp³-hybridized carbons (Fsp3) is 0.571. The predicted octanol–water partition coefficient (Wildman–Crippen LogP) is 2.84. The van der Waals surface area contributed by atoms with Gasteiger partial charge in [0.15, 0.2) is 0 Å². The van der Waals surface area contributed by atoms with E-state index in [1.807, 2.05) is 12.1 Å². The Bertz CT molecular complexity index is 336. The Labute approximate surface area is 108 Å². The summed E-state index contributed by atoms with van der Waals surface area (Å²) in [6.45, 7) is 5.47. The monoisotopic (exact) mass is 256 g/mol. The molecule has 0 fully saturated rings. The van der Waals surface area contributed by atoms with E-state index in [2.05, 4.69) is 26.0 Å². The first-order valence-electron chi connectivity index (χ1n) is 6.32. The molecule has 0 heterocycles. The van der Waals surface area contributed by atoms with Gasteiger partial charge in [0.2, 0.25) is 0 Å². The minimum absolute atomic E-state index is 0.219. The summed E-state index contributed by atoms with van der Waals surface area (Å²) in [5.74, 6) is 0.486. The van der Waals surface area contributed by atoms with Crippen LogP contribution in [-0.4, -0.2) is 31.0 Å². The molecule has 0 spiro atoms. The highest BCUT2D eigenvalue weighted by Gasteiger charge is 2.11. The predicted molar refractivity (Wildman–Crippen MR) is 70.9 cm³/mol. The van der Waals surface area contributed by atoms with Crippen LogP contribution in [0.15, 0.2) is 24.3 Å². The summed E-state index contributed by atoms with van der Waals surface area (Å²) in [5, 5.41) is 0. The first-order chi connectivity index (χ1) is 8.52. The average Bonchev–Trinajstić information content (AvgIpc) is 2.29. The fourth-order valence-electron chi connectivity index (χ4n) is 1.88. The van der Waals surface area contributed by atoms with E-state index >= 15 is 0 Å². The molecular formula is C14H22F2N2. The summed E-state index contributed by atoms with van der Waals surface area (Å²) in [7, 11) is 0. The van der Waals surface area contributed by atoms with Crippen LogP contribution < -0.4 is 5.73 Å². The molecule has 0 amide bonds. The maximum atomic E-state index is 12.4. The number of halogens is 2. The van der Waals surface area contributed by atoms with Crippen molar-refractivity contribution in [3.8, 4) is 0 Å². The van der Waals surface area contributed by atoms with Crippen molar-refractivity contribution in [2.75, 3.05) is 19.6 Å². The molecule has 0 aromatic heterocycles. The van der Waals surface area contributed by atoms with Crippen molar-refractivity contribution in [3.63, 3.8) is 0 Å². The van der Waals surface area contributed by atoms with Gasteiger partial charge in [-0.3, -0.25) is 4.90 Å². The highest BCUT2D eigenvalue weighted by molar-refractivity contribution is 5.24. The third-order valence-electron chi connectivity index (χ3n) is 2.89. The zero-order chi connectivity index (χ0) is 13.5. The molecule has 0 bridgehead atoms. The van der Waals surface area contributed by atoms with Gasteiger partial charge >= 0.3 is 0 Å². The zero-order valence-corrected chi connectivity index (χ0v) is 11.1. The van der Waals surface area contributed by atoms with Crippen LogP contribution in [0.2, 0.25) is 0 Å². The molecule has 0 atom stereocenters. The average molecular weight is 256 g/mol. The lowest BCUT2D eigenvalue weighted by molar-refractivity contribution is 0.0862. The summed E-state index contributed by atoms with van der Waals surface area (Å²) in [5.41, 5.74) is 7.75. The van der Waals surface area contributed by atoms with Crippen LogP contribution in [0.4, 0.5) is 8.78 Å². The number of hydrogen-bond donors (Lipinski definition) is 1.